The number of aromatic nitrogens is 3. The average Bonchev–Trinajstić information content (AvgIpc) is 3.57. The molecule has 2 aliphatic heterocycles. The number of terminal acetylenes is 1. The first kappa shape index (κ1) is 41.4. The van der Waals surface area contributed by atoms with Gasteiger partial charge in [-0.25, -0.2) is 18.2 Å². The fourth-order valence-electron chi connectivity index (χ4n) is 6.71. The quantitative estimate of drug-likeness (QED) is 0.126. The lowest BCUT2D eigenvalue weighted by Gasteiger charge is -2.38. The Morgan fingerprint density at radius 1 is 0.981 bits per heavy atom. The molecule has 1 aromatic carbocycles. The molecule has 0 atom stereocenters. The van der Waals surface area contributed by atoms with Crippen LogP contribution in [0.1, 0.15) is 51.4 Å². The molecular weight excluding hydrogens is 738 g/mol. The summed E-state index contributed by atoms with van der Waals surface area (Å²) in [6.07, 6.45) is 9.33. The van der Waals surface area contributed by atoms with Gasteiger partial charge in [-0.1, -0.05) is 17.5 Å². The van der Waals surface area contributed by atoms with Gasteiger partial charge in [0.15, 0.2) is 9.84 Å². The second kappa shape index (κ2) is 18.7. The van der Waals surface area contributed by atoms with E-state index < -0.39 is 20.9 Å². The Morgan fingerprint density at radius 2 is 1.65 bits per heavy atom. The van der Waals surface area contributed by atoms with Gasteiger partial charge in [0, 0.05) is 30.9 Å². The van der Waals surface area contributed by atoms with E-state index in [9.17, 15) is 18.0 Å². The molecule has 0 bridgehead atoms. The number of benzene rings is 1. The molecule has 1 fully saturated rings. The molecule has 2 aliphatic rings. The predicted molar refractivity (Wildman–Crippen MR) is 204 cm³/mol. The molecule has 2 aromatic heterocycles. The average molecular weight is 788 g/mol. The van der Waals surface area contributed by atoms with Gasteiger partial charge in [0.1, 0.15) is 18.0 Å². The van der Waals surface area contributed by atoms with Gasteiger partial charge in [0.25, 0.3) is 0 Å². The lowest BCUT2D eigenvalue weighted by Crippen LogP contribution is -2.51. The number of halogens is 1. The highest BCUT2D eigenvalue weighted by Gasteiger charge is 2.53. The lowest BCUT2D eigenvalue weighted by molar-refractivity contribution is -0.125. The van der Waals surface area contributed by atoms with E-state index in [-0.39, 0.29) is 49.9 Å². The highest BCUT2D eigenvalue weighted by molar-refractivity contribution is 7.91. The normalized spacial score (nSPS) is 15.6. The van der Waals surface area contributed by atoms with Crippen LogP contribution < -0.4 is 4.90 Å². The van der Waals surface area contributed by atoms with Gasteiger partial charge in [0.2, 0.25) is 5.91 Å². The van der Waals surface area contributed by atoms with Gasteiger partial charge in [-0.3, -0.25) is 9.78 Å². The maximum absolute atomic E-state index is 14.4. The molecule has 3 aromatic rings. The number of imidazole rings is 1. The molecule has 5 rings (SSSR count). The minimum Gasteiger partial charge on any atom is -0.444 e. The van der Waals surface area contributed by atoms with Crippen LogP contribution in [0.3, 0.4) is 0 Å². The zero-order valence-electron chi connectivity index (χ0n) is 31.3. The minimum atomic E-state index is -3.41. The van der Waals surface area contributed by atoms with Gasteiger partial charge in [-0.2, -0.15) is 0 Å². The SMILES string of the molecule is C#CCOCCOCCOCCOCCS(=O)(=O)CCCn1c(CN2C(=O)C3(CCN(C(=O)OC(C)(C)C)CC3)c3ccncc32)nc2cc(Cl)ccc21. The monoisotopic (exact) mass is 787 g/mol. The largest absolute Gasteiger partial charge is 0.444 e. The minimum absolute atomic E-state index is 0.0470. The van der Waals surface area contributed by atoms with Gasteiger partial charge < -0.3 is 38.1 Å². The van der Waals surface area contributed by atoms with E-state index in [1.807, 2.05) is 37.5 Å². The molecule has 1 spiro atoms. The number of hydrogen-bond acceptors (Lipinski definition) is 11. The number of anilines is 1. The Morgan fingerprint density at radius 3 is 2.31 bits per heavy atom. The van der Waals surface area contributed by atoms with Crippen molar-refractivity contribution >= 4 is 50.2 Å². The van der Waals surface area contributed by atoms with E-state index in [0.717, 1.165) is 11.1 Å². The molecule has 16 heteroatoms. The summed E-state index contributed by atoms with van der Waals surface area (Å²) in [5, 5.41) is 0.518. The summed E-state index contributed by atoms with van der Waals surface area (Å²) in [7, 11) is -3.41. The Hall–Kier alpha value is -3.78. The number of carbonyl (C=O) groups is 2. The summed E-state index contributed by atoms with van der Waals surface area (Å²) in [5.41, 5.74) is 1.58. The molecule has 0 radical (unpaired) electrons. The first-order chi connectivity index (χ1) is 25.8. The second-order valence-corrected chi connectivity index (χ2v) is 17.0. The van der Waals surface area contributed by atoms with E-state index in [0.29, 0.717) is 94.0 Å². The number of aryl methyl sites for hydroxylation is 1. The van der Waals surface area contributed by atoms with Crippen molar-refractivity contribution in [1.82, 2.24) is 19.4 Å². The summed E-state index contributed by atoms with van der Waals surface area (Å²) in [6, 6.07) is 7.27. The summed E-state index contributed by atoms with van der Waals surface area (Å²) in [5.74, 6) is 2.75. The van der Waals surface area contributed by atoms with E-state index in [4.69, 9.17) is 46.7 Å². The number of pyridine rings is 1. The lowest BCUT2D eigenvalue weighted by atomic mass is 9.74. The summed E-state index contributed by atoms with van der Waals surface area (Å²) < 4.78 is 54.9. The molecule has 0 saturated carbocycles. The van der Waals surface area contributed by atoms with Gasteiger partial charge in [-0.05, 0) is 69.9 Å². The number of carbonyl (C=O) groups excluding carboxylic acids is 2. The third-order valence-electron chi connectivity index (χ3n) is 9.30. The van der Waals surface area contributed by atoms with Crippen molar-refractivity contribution in [2.45, 2.75) is 64.1 Å². The molecule has 0 aliphatic carbocycles. The fraction of sp³-hybridized carbons (Fsp3) is 0.579. The fourth-order valence-corrected chi connectivity index (χ4v) is 8.02. The van der Waals surface area contributed by atoms with Crippen molar-refractivity contribution in [2.24, 2.45) is 0 Å². The molecule has 4 heterocycles. The number of piperidine rings is 1. The van der Waals surface area contributed by atoms with Crippen LogP contribution in [0.5, 0.6) is 0 Å². The summed E-state index contributed by atoms with van der Waals surface area (Å²) in [4.78, 5) is 39.8. The number of hydrogen-bond donors (Lipinski definition) is 0. The van der Waals surface area contributed by atoms with Crippen molar-refractivity contribution in [1.29, 1.82) is 0 Å². The number of rotatable bonds is 19. The molecule has 2 amide bonds. The molecule has 54 heavy (non-hydrogen) atoms. The van der Waals surface area contributed by atoms with Crippen molar-refractivity contribution in [3.63, 3.8) is 0 Å². The second-order valence-electron chi connectivity index (χ2n) is 14.2. The smallest absolute Gasteiger partial charge is 0.410 e. The van der Waals surface area contributed by atoms with Gasteiger partial charge >= 0.3 is 6.09 Å². The Bertz CT molecular complexity index is 1900. The van der Waals surface area contributed by atoms with Crippen molar-refractivity contribution in [3.05, 3.63) is 53.1 Å². The van der Waals surface area contributed by atoms with Crippen LogP contribution in [0, 0.1) is 12.3 Å². The number of nitrogens with zero attached hydrogens (tertiary/aromatic N) is 5. The van der Waals surface area contributed by atoms with E-state index in [1.165, 1.54) is 0 Å². The van der Waals surface area contributed by atoms with Gasteiger partial charge in [-0.15, -0.1) is 6.42 Å². The van der Waals surface area contributed by atoms with Crippen LogP contribution in [-0.4, -0.2) is 123 Å². The van der Waals surface area contributed by atoms with E-state index >= 15 is 0 Å². The number of ether oxygens (including phenoxy) is 5. The topological polar surface area (TPSA) is 152 Å². The van der Waals surface area contributed by atoms with Crippen molar-refractivity contribution in [2.75, 3.05) is 82.4 Å². The highest BCUT2D eigenvalue weighted by atomic mass is 35.5. The first-order valence-corrected chi connectivity index (χ1v) is 20.4. The predicted octanol–water partition coefficient (Wildman–Crippen LogP) is 4.40. The standard InChI is InChI=1S/C38H50ClN5O9S/c1-5-16-49-17-18-50-19-20-51-21-22-52-23-25-54(47,48)24-6-13-43-32-8-7-29(39)26-31(32)41-34(43)28-44-33-27-40-12-9-30(33)38(35(44)45)10-14-42(15-11-38)36(46)53-37(2,3)4/h1,7-9,12,26-27H,6,10-11,13-25,28H2,2-4H3. The van der Waals surface area contributed by atoms with Crippen LogP contribution >= 0.6 is 11.6 Å². The first-order valence-electron chi connectivity index (χ1n) is 18.2. The Balaban J connectivity index is 1.16. The number of likely N-dealkylation sites (tertiary alicyclic amines) is 1. The highest BCUT2D eigenvalue weighted by Crippen LogP contribution is 2.48. The van der Waals surface area contributed by atoms with E-state index in [1.54, 1.807) is 34.3 Å². The Labute approximate surface area is 322 Å². The summed E-state index contributed by atoms with van der Waals surface area (Å²) >= 11 is 6.33. The molecule has 14 nitrogen and oxygen atoms in total. The Kier molecular flexibility index (Phi) is 14.3. The number of amides is 2. The summed E-state index contributed by atoms with van der Waals surface area (Å²) in [6.45, 7) is 9.30. The molecule has 1 saturated heterocycles. The van der Waals surface area contributed by atoms with Crippen molar-refractivity contribution < 1.29 is 41.7 Å². The third-order valence-corrected chi connectivity index (χ3v) is 11.2. The van der Waals surface area contributed by atoms with Crippen LogP contribution in [0.15, 0.2) is 36.7 Å². The zero-order chi connectivity index (χ0) is 38.8. The molecule has 294 valence electrons. The maximum atomic E-state index is 14.4. The molecule has 0 N–H and O–H groups in total. The van der Waals surface area contributed by atoms with Crippen LogP contribution in [0.25, 0.3) is 11.0 Å². The third kappa shape index (κ3) is 10.7. The zero-order valence-corrected chi connectivity index (χ0v) is 32.8. The van der Waals surface area contributed by atoms with Crippen LogP contribution in [0.2, 0.25) is 5.02 Å². The van der Waals surface area contributed by atoms with E-state index in [2.05, 4.69) is 10.9 Å². The number of fused-ring (bicyclic) bond motifs is 3. The van der Waals surface area contributed by atoms with Crippen molar-refractivity contribution in [3.8, 4) is 12.3 Å². The van der Waals surface area contributed by atoms with Gasteiger partial charge in [0.05, 0.1) is 92.6 Å². The van der Waals surface area contributed by atoms with Crippen LogP contribution in [-0.2, 0) is 56.8 Å². The molecule has 0 unspecified atom stereocenters. The maximum Gasteiger partial charge on any atom is 0.410 e. The van der Waals surface area contributed by atoms with Crippen LogP contribution in [0.4, 0.5) is 10.5 Å². The molecular formula is C38H50ClN5O9S. The number of sulfone groups is 1.